The largest absolute Gasteiger partial charge is 0.352 e. The van der Waals surface area contributed by atoms with E-state index in [1.54, 1.807) is 29.4 Å². The Balaban J connectivity index is 1.73. The molecule has 34 heavy (non-hydrogen) atoms. The maximum Gasteiger partial charge on any atom is 0.247 e. The average molecular weight is 463 g/mol. The van der Waals surface area contributed by atoms with E-state index in [2.05, 4.69) is 27.8 Å². The van der Waals surface area contributed by atoms with Gasteiger partial charge in [0.2, 0.25) is 17.7 Å². The van der Waals surface area contributed by atoms with Gasteiger partial charge in [0, 0.05) is 24.0 Å². The molecule has 1 aliphatic heterocycles. The first kappa shape index (κ1) is 23.9. The Morgan fingerprint density at radius 3 is 2.32 bits per heavy atom. The highest BCUT2D eigenvalue weighted by atomic mass is 16.2. The highest BCUT2D eigenvalue weighted by Crippen LogP contribution is 2.35. The second-order valence-corrected chi connectivity index (χ2v) is 10.2. The standard InChI is InChI=1S/C27H34N4O3/c1-16(2)12-22-25(32)30-23(21-13-18-8-5-6-9-19(18)14-21)27(34)31(22)24(26(33)29-17(3)4)20-10-7-11-28-15-20/h5-11,15-17,21-24H,12-14H2,1-4H3,(H,29,33)(H,30,32)/t22-,23?,24-/m1/s1. The van der Waals surface area contributed by atoms with Gasteiger partial charge in [-0.2, -0.15) is 0 Å². The van der Waals surface area contributed by atoms with Gasteiger partial charge in [0.1, 0.15) is 18.1 Å². The third-order valence-electron chi connectivity index (χ3n) is 6.66. The van der Waals surface area contributed by atoms with Crippen LogP contribution in [-0.4, -0.2) is 45.7 Å². The predicted octanol–water partition coefficient (Wildman–Crippen LogP) is 2.80. The van der Waals surface area contributed by atoms with Gasteiger partial charge in [0.15, 0.2) is 0 Å². The normalized spacial score (nSPS) is 21.5. The van der Waals surface area contributed by atoms with Crippen LogP contribution in [-0.2, 0) is 27.2 Å². The molecule has 1 aromatic carbocycles. The smallest absolute Gasteiger partial charge is 0.247 e. The predicted molar refractivity (Wildman–Crippen MR) is 130 cm³/mol. The maximum atomic E-state index is 14.1. The summed E-state index contributed by atoms with van der Waals surface area (Å²) < 4.78 is 0. The minimum Gasteiger partial charge on any atom is -0.352 e. The van der Waals surface area contributed by atoms with Gasteiger partial charge in [-0.3, -0.25) is 19.4 Å². The number of piperazine rings is 1. The number of hydrogen-bond acceptors (Lipinski definition) is 4. The highest BCUT2D eigenvalue weighted by molar-refractivity contribution is 6.00. The molecule has 180 valence electrons. The molecule has 3 amide bonds. The Bertz CT molecular complexity index is 1030. The van der Waals surface area contributed by atoms with Crippen molar-refractivity contribution < 1.29 is 14.4 Å². The summed E-state index contributed by atoms with van der Waals surface area (Å²) in [6.45, 7) is 7.80. The molecule has 3 atom stereocenters. The van der Waals surface area contributed by atoms with Crippen LogP contribution in [0.15, 0.2) is 48.8 Å². The summed E-state index contributed by atoms with van der Waals surface area (Å²) in [5, 5.41) is 5.99. The molecule has 1 unspecified atom stereocenters. The number of benzene rings is 1. The number of nitrogens with zero attached hydrogens (tertiary/aromatic N) is 2. The van der Waals surface area contributed by atoms with Crippen molar-refractivity contribution in [2.75, 3.05) is 0 Å². The molecule has 0 saturated carbocycles. The Morgan fingerprint density at radius 1 is 1.09 bits per heavy atom. The van der Waals surface area contributed by atoms with Crippen molar-refractivity contribution in [3.63, 3.8) is 0 Å². The number of hydrogen-bond donors (Lipinski definition) is 2. The van der Waals surface area contributed by atoms with Gasteiger partial charge in [-0.05, 0) is 62.1 Å². The van der Waals surface area contributed by atoms with Crippen LogP contribution in [0.5, 0.6) is 0 Å². The van der Waals surface area contributed by atoms with Crippen LogP contribution in [0.25, 0.3) is 0 Å². The topological polar surface area (TPSA) is 91.4 Å². The van der Waals surface area contributed by atoms with E-state index in [1.807, 2.05) is 39.8 Å². The minimum atomic E-state index is -0.926. The van der Waals surface area contributed by atoms with Crippen molar-refractivity contribution in [2.24, 2.45) is 11.8 Å². The molecule has 1 saturated heterocycles. The van der Waals surface area contributed by atoms with E-state index < -0.39 is 18.1 Å². The lowest BCUT2D eigenvalue weighted by Gasteiger charge is -2.44. The SMILES string of the molecule is CC(C)C[C@@H]1C(=O)NC(C2Cc3ccccc3C2)C(=O)N1[C@@H](C(=O)NC(C)C)c1cccnc1. The van der Waals surface area contributed by atoms with Crippen molar-refractivity contribution in [1.82, 2.24) is 20.5 Å². The van der Waals surface area contributed by atoms with Gasteiger partial charge in [0.05, 0.1) is 0 Å². The number of aromatic nitrogens is 1. The van der Waals surface area contributed by atoms with Crippen LogP contribution < -0.4 is 10.6 Å². The van der Waals surface area contributed by atoms with Gasteiger partial charge < -0.3 is 15.5 Å². The first-order chi connectivity index (χ1) is 16.3. The van der Waals surface area contributed by atoms with E-state index in [-0.39, 0.29) is 35.6 Å². The number of pyridine rings is 1. The molecule has 7 heteroatoms. The van der Waals surface area contributed by atoms with Crippen molar-refractivity contribution >= 4 is 17.7 Å². The zero-order valence-electron chi connectivity index (χ0n) is 20.3. The fourth-order valence-corrected chi connectivity index (χ4v) is 5.21. The van der Waals surface area contributed by atoms with Crippen LogP contribution in [0.3, 0.4) is 0 Å². The molecule has 1 aliphatic carbocycles. The van der Waals surface area contributed by atoms with Crippen LogP contribution in [0, 0.1) is 11.8 Å². The molecule has 0 radical (unpaired) electrons. The molecule has 2 heterocycles. The van der Waals surface area contributed by atoms with Crippen molar-refractivity contribution in [3.8, 4) is 0 Å². The number of carbonyl (C=O) groups is 3. The lowest BCUT2D eigenvalue weighted by atomic mass is 9.88. The molecular weight excluding hydrogens is 428 g/mol. The zero-order valence-corrected chi connectivity index (χ0v) is 20.3. The first-order valence-corrected chi connectivity index (χ1v) is 12.2. The van der Waals surface area contributed by atoms with E-state index in [4.69, 9.17) is 0 Å². The summed E-state index contributed by atoms with van der Waals surface area (Å²) >= 11 is 0. The van der Waals surface area contributed by atoms with E-state index in [1.165, 1.54) is 11.1 Å². The van der Waals surface area contributed by atoms with Crippen LogP contribution in [0.1, 0.15) is 56.8 Å². The Hall–Kier alpha value is -3.22. The molecular formula is C27H34N4O3. The summed E-state index contributed by atoms with van der Waals surface area (Å²) in [7, 11) is 0. The number of fused-ring (bicyclic) bond motifs is 1. The van der Waals surface area contributed by atoms with Crippen molar-refractivity contribution in [2.45, 2.75) is 71.1 Å². The molecule has 1 aromatic heterocycles. The lowest BCUT2D eigenvalue weighted by molar-refractivity contribution is -0.158. The quantitative estimate of drug-likeness (QED) is 0.662. The second kappa shape index (κ2) is 9.95. The Morgan fingerprint density at radius 2 is 1.76 bits per heavy atom. The maximum absolute atomic E-state index is 14.1. The summed E-state index contributed by atoms with van der Waals surface area (Å²) in [6, 6.07) is 9.28. The molecule has 2 aliphatic rings. The Kier molecular flexibility index (Phi) is 7.00. The fourth-order valence-electron chi connectivity index (χ4n) is 5.21. The minimum absolute atomic E-state index is 0.0425. The molecule has 7 nitrogen and oxygen atoms in total. The van der Waals surface area contributed by atoms with Gasteiger partial charge >= 0.3 is 0 Å². The average Bonchev–Trinajstić information content (AvgIpc) is 3.22. The van der Waals surface area contributed by atoms with Gasteiger partial charge in [0.25, 0.3) is 0 Å². The zero-order chi connectivity index (χ0) is 24.4. The summed E-state index contributed by atoms with van der Waals surface area (Å²) in [5.41, 5.74) is 3.03. The third-order valence-corrected chi connectivity index (χ3v) is 6.66. The number of nitrogens with one attached hydrogen (secondary N) is 2. The van der Waals surface area contributed by atoms with Gasteiger partial charge in [-0.25, -0.2) is 0 Å². The third kappa shape index (κ3) is 4.83. The van der Waals surface area contributed by atoms with Crippen LogP contribution in [0.2, 0.25) is 0 Å². The summed E-state index contributed by atoms with van der Waals surface area (Å²) in [6.07, 6.45) is 5.17. The van der Waals surface area contributed by atoms with Crippen LogP contribution in [0.4, 0.5) is 0 Å². The monoisotopic (exact) mass is 462 g/mol. The molecule has 1 fully saturated rings. The van der Waals surface area contributed by atoms with Gasteiger partial charge in [-0.15, -0.1) is 0 Å². The number of amides is 3. The molecule has 0 bridgehead atoms. The van der Waals surface area contributed by atoms with Gasteiger partial charge in [-0.1, -0.05) is 44.2 Å². The fraction of sp³-hybridized carbons (Fsp3) is 0.481. The van der Waals surface area contributed by atoms with Crippen LogP contribution >= 0.6 is 0 Å². The number of rotatable bonds is 7. The van der Waals surface area contributed by atoms with E-state index in [0.29, 0.717) is 12.0 Å². The second-order valence-electron chi connectivity index (χ2n) is 10.2. The molecule has 0 spiro atoms. The molecule has 2 aromatic rings. The van der Waals surface area contributed by atoms with Crippen molar-refractivity contribution in [3.05, 3.63) is 65.5 Å². The van der Waals surface area contributed by atoms with Crippen molar-refractivity contribution in [1.29, 1.82) is 0 Å². The molecule has 2 N–H and O–H groups in total. The first-order valence-electron chi connectivity index (χ1n) is 12.2. The highest BCUT2D eigenvalue weighted by Gasteiger charge is 2.49. The number of carbonyl (C=O) groups excluding carboxylic acids is 3. The lowest BCUT2D eigenvalue weighted by Crippen LogP contribution is -2.67. The summed E-state index contributed by atoms with van der Waals surface area (Å²) in [4.78, 5) is 46.8. The summed E-state index contributed by atoms with van der Waals surface area (Å²) in [5.74, 6) is -0.565. The van der Waals surface area contributed by atoms with E-state index in [0.717, 1.165) is 12.8 Å². The molecule has 4 rings (SSSR count). The van der Waals surface area contributed by atoms with E-state index in [9.17, 15) is 14.4 Å². The Labute approximate surface area is 201 Å². The van der Waals surface area contributed by atoms with E-state index >= 15 is 0 Å².